The molecule has 0 aliphatic rings. The van der Waals surface area contributed by atoms with Crippen LogP contribution in [-0.4, -0.2) is 31.6 Å². The van der Waals surface area contributed by atoms with E-state index in [1.807, 2.05) is 48.2 Å². The molecule has 8 heteroatoms. The Labute approximate surface area is 203 Å². The Kier molecular flexibility index (Phi) is 6.97. The quantitative estimate of drug-likeness (QED) is 0.405. The van der Waals surface area contributed by atoms with Gasteiger partial charge < -0.3 is 5.32 Å². The topological polar surface area (TPSA) is 81.3 Å². The van der Waals surface area contributed by atoms with Crippen LogP contribution in [0.2, 0.25) is 0 Å². The van der Waals surface area contributed by atoms with Crippen LogP contribution >= 0.6 is 11.3 Å². The lowest BCUT2D eigenvalue weighted by atomic mass is 10.1. The van der Waals surface area contributed by atoms with Crippen molar-refractivity contribution in [2.24, 2.45) is 5.92 Å². The van der Waals surface area contributed by atoms with E-state index in [9.17, 15) is 9.59 Å². The van der Waals surface area contributed by atoms with E-state index in [4.69, 9.17) is 5.10 Å². The van der Waals surface area contributed by atoms with Gasteiger partial charge in [0.25, 0.3) is 5.56 Å². The van der Waals surface area contributed by atoms with Gasteiger partial charge in [0.15, 0.2) is 4.96 Å². The van der Waals surface area contributed by atoms with Gasteiger partial charge in [-0.05, 0) is 50.3 Å². The molecule has 0 atom stereocenters. The van der Waals surface area contributed by atoms with Crippen molar-refractivity contribution >= 4 is 22.2 Å². The summed E-state index contributed by atoms with van der Waals surface area (Å²) in [6.07, 6.45) is 1.95. The molecular weight excluding hydrogens is 446 g/mol. The summed E-state index contributed by atoms with van der Waals surface area (Å²) < 4.78 is 3.45. The smallest absolute Gasteiger partial charge is 0.268 e. The number of carbonyl (C=O) groups is 1. The lowest BCUT2D eigenvalue weighted by Crippen LogP contribution is -2.28. The average molecular weight is 478 g/mol. The molecule has 0 aliphatic carbocycles. The number of carbonyl (C=O) groups excluding carboxylic acids is 1. The van der Waals surface area contributed by atoms with E-state index in [-0.39, 0.29) is 17.9 Å². The van der Waals surface area contributed by atoms with E-state index >= 15 is 0 Å². The zero-order valence-electron chi connectivity index (χ0n) is 20.4. The Hall–Kier alpha value is -3.26. The van der Waals surface area contributed by atoms with Crippen molar-refractivity contribution in [1.29, 1.82) is 0 Å². The van der Waals surface area contributed by atoms with Gasteiger partial charge in [0.05, 0.1) is 23.4 Å². The highest BCUT2D eigenvalue weighted by molar-refractivity contribution is 7.15. The van der Waals surface area contributed by atoms with Crippen LogP contribution in [0.4, 0.5) is 0 Å². The number of hydrogen-bond donors (Lipinski definition) is 1. The highest BCUT2D eigenvalue weighted by atomic mass is 32.1. The van der Waals surface area contributed by atoms with Gasteiger partial charge in [0.1, 0.15) is 5.69 Å². The van der Waals surface area contributed by atoms with Crippen LogP contribution in [-0.2, 0) is 17.6 Å². The number of hydrogen-bond acceptors (Lipinski definition) is 5. The van der Waals surface area contributed by atoms with E-state index in [0.29, 0.717) is 40.1 Å². The maximum Gasteiger partial charge on any atom is 0.268 e. The Morgan fingerprint density at radius 3 is 2.71 bits per heavy atom. The van der Waals surface area contributed by atoms with Crippen molar-refractivity contribution < 1.29 is 4.79 Å². The summed E-state index contributed by atoms with van der Waals surface area (Å²) in [4.78, 5) is 31.4. The first kappa shape index (κ1) is 23.9. The van der Waals surface area contributed by atoms with Crippen molar-refractivity contribution in [3.05, 3.63) is 68.7 Å². The number of para-hydroxylation sites is 1. The largest absolute Gasteiger partial charge is 0.356 e. The van der Waals surface area contributed by atoms with Gasteiger partial charge in [-0.2, -0.15) is 5.10 Å². The minimum Gasteiger partial charge on any atom is -0.356 e. The molecular formula is C26H31N5O2S. The molecule has 0 saturated heterocycles. The monoisotopic (exact) mass is 477 g/mol. The fourth-order valence-electron chi connectivity index (χ4n) is 4.11. The number of aromatic nitrogens is 4. The second kappa shape index (κ2) is 9.93. The van der Waals surface area contributed by atoms with Crippen molar-refractivity contribution in [2.45, 2.75) is 53.9 Å². The first-order valence-corrected chi connectivity index (χ1v) is 12.6. The van der Waals surface area contributed by atoms with Crippen LogP contribution in [0.15, 0.2) is 40.5 Å². The summed E-state index contributed by atoms with van der Waals surface area (Å²) in [5.74, 6) is 0.429. The van der Waals surface area contributed by atoms with Crippen LogP contribution in [0.3, 0.4) is 0 Å². The number of amides is 1. The number of nitrogens with zero attached hydrogens (tertiary/aromatic N) is 4. The molecule has 178 valence electrons. The van der Waals surface area contributed by atoms with E-state index in [1.54, 1.807) is 4.40 Å². The zero-order chi connectivity index (χ0) is 24.4. The third-order valence-corrected chi connectivity index (χ3v) is 6.83. The molecule has 3 heterocycles. The molecule has 4 aromatic rings. The lowest BCUT2D eigenvalue weighted by Gasteiger charge is -2.09. The third-order valence-electron chi connectivity index (χ3n) is 5.95. The van der Waals surface area contributed by atoms with E-state index in [1.165, 1.54) is 16.9 Å². The molecule has 7 nitrogen and oxygen atoms in total. The molecule has 1 N–H and O–H groups in total. The standard InChI is InChI=1S/C26H31N5O2S/c1-6-19-9-7-8-10-22(19)31-17(4)13-21(29-31)24-18(5)28-26-30(25(24)33)20(15-34-26)14-23(32)27-12-11-16(2)3/h7-10,13,15-16H,6,11-12,14H2,1-5H3,(H,27,32). The SMILES string of the molecule is CCc1ccccc1-n1nc(-c2c(C)nc3scc(CC(=O)NCCC(C)C)n3c2=O)cc1C. The number of benzene rings is 1. The van der Waals surface area contributed by atoms with Crippen LogP contribution in [0.5, 0.6) is 0 Å². The van der Waals surface area contributed by atoms with Crippen molar-refractivity contribution in [3.8, 4) is 16.9 Å². The summed E-state index contributed by atoms with van der Waals surface area (Å²) in [6, 6.07) is 10.1. The number of fused-ring (bicyclic) bond motifs is 1. The fraction of sp³-hybridized carbons (Fsp3) is 0.385. The molecule has 0 aliphatic heterocycles. The van der Waals surface area contributed by atoms with Crippen molar-refractivity contribution in [3.63, 3.8) is 0 Å². The molecule has 34 heavy (non-hydrogen) atoms. The third kappa shape index (κ3) is 4.68. The number of nitrogens with one attached hydrogen (secondary N) is 1. The molecule has 3 aromatic heterocycles. The molecule has 0 radical (unpaired) electrons. The number of thiazole rings is 1. The highest BCUT2D eigenvalue weighted by Gasteiger charge is 2.20. The molecule has 0 bridgehead atoms. The van der Waals surface area contributed by atoms with Crippen LogP contribution in [0.25, 0.3) is 21.9 Å². The van der Waals surface area contributed by atoms with Crippen molar-refractivity contribution in [2.75, 3.05) is 6.54 Å². The fourth-order valence-corrected chi connectivity index (χ4v) is 5.03. The predicted molar refractivity (Wildman–Crippen MR) is 137 cm³/mol. The van der Waals surface area contributed by atoms with E-state index < -0.39 is 0 Å². The van der Waals surface area contributed by atoms with Gasteiger partial charge in [-0.1, -0.05) is 39.0 Å². The minimum atomic E-state index is -0.192. The summed E-state index contributed by atoms with van der Waals surface area (Å²) in [6.45, 7) is 10.8. The first-order valence-electron chi connectivity index (χ1n) is 11.7. The highest BCUT2D eigenvalue weighted by Crippen LogP contribution is 2.24. The Balaban J connectivity index is 1.73. The second-order valence-electron chi connectivity index (χ2n) is 9.00. The molecule has 1 amide bonds. The van der Waals surface area contributed by atoms with Gasteiger partial charge >= 0.3 is 0 Å². The van der Waals surface area contributed by atoms with Crippen LogP contribution in [0.1, 0.15) is 49.8 Å². The molecule has 0 fully saturated rings. The average Bonchev–Trinajstić information content (AvgIpc) is 3.36. The minimum absolute atomic E-state index is 0.0920. The number of aryl methyl sites for hydroxylation is 3. The van der Waals surface area contributed by atoms with Gasteiger partial charge in [-0.25, -0.2) is 9.67 Å². The number of rotatable bonds is 8. The first-order chi connectivity index (χ1) is 16.3. The maximum absolute atomic E-state index is 13.6. The maximum atomic E-state index is 13.6. The van der Waals surface area contributed by atoms with Gasteiger partial charge in [-0.3, -0.25) is 14.0 Å². The van der Waals surface area contributed by atoms with Gasteiger partial charge in [-0.15, -0.1) is 11.3 Å². The molecule has 0 spiro atoms. The molecule has 1 aromatic carbocycles. The summed E-state index contributed by atoms with van der Waals surface area (Å²) in [5, 5.41) is 9.60. The van der Waals surface area contributed by atoms with Crippen LogP contribution < -0.4 is 10.9 Å². The summed E-state index contributed by atoms with van der Waals surface area (Å²) in [7, 11) is 0. The molecule has 0 unspecified atom stereocenters. The van der Waals surface area contributed by atoms with E-state index in [2.05, 4.69) is 37.1 Å². The molecule has 4 rings (SSSR count). The lowest BCUT2D eigenvalue weighted by molar-refractivity contribution is -0.120. The van der Waals surface area contributed by atoms with E-state index in [0.717, 1.165) is 24.2 Å². The molecule has 0 saturated carbocycles. The second-order valence-corrected chi connectivity index (χ2v) is 9.83. The Morgan fingerprint density at radius 1 is 1.21 bits per heavy atom. The summed E-state index contributed by atoms with van der Waals surface area (Å²) in [5.41, 5.74) is 5.28. The Morgan fingerprint density at radius 2 is 1.97 bits per heavy atom. The van der Waals surface area contributed by atoms with Crippen molar-refractivity contribution in [1.82, 2.24) is 24.5 Å². The predicted octanol–water partition coefficient (Wildman–Crippen LogP) is 4.49. The van der Waals surface area contributed by atoms with Gasteiger partial charge in [0.2, 0.25) is 5.91 Å². The Bertz CT molecular complexity index is 1400. The normalized spacial score (nSPS) is 11.5. The zero-order valence-corrected chi connectivity index (χ0v) is 21.2. The summed E-state index contributed by atoms with van der Waals surface area (Å²) >= 11 is 1.37. The van der Waals surface area contributed by atoms with Crippen LogP contribution in [0, 0.1) is 19.8 Å². The van der Waals surface area contributed by atoms with Gasteiger partial charge in [0, 0.05) is 23.3 Å².